The minimum absolute atomic E-state index is 0.0168. The lowest BCUT2D eigenvalue weighted by Crippen LogP contribution is -2.33. The van der Waals surface area contributed by atoms with Gasteiger partial charge in [0.15, 0.2) is 0 Å². The van der Waals surface area contributed by atoms with Crippen LogP contribution in [0, 0.1) is 5.92 Å². The summed E-state index contributed by atoms with van der Waals surface area (Å²) >= 11 is 5.80. The minimum Gasteiger partial charge on any atom is -0.356 e. The van der Waals surface area contributed by atoms with Gasteiger partial charge >= 0.3 is 0 Å². The van der Waals surface area contributed by atoms with E-state index in [9.17, 15) is 9.59 Å². The second kappa shape index (κ2) is 8.11. The molecular formula is C17H20ClN5O2. The molecule has 0 aliphatic carbocycles. The lowest BCUT2D eigenvalue weighted by molar-refractivity contribution is -0.129. The first-order valence-corrected chi connectivity index (χ1v) is 8.62. The second-order valence-corrected chi connectivity index (χ2v) is 6.53. The standard InChI is InChI=1S/C17H20ClN5O2/c18-15-9-21-23(12-15)7-1-4-20-17(25)14-8-16(24)22(11-14)10-13-2-5-19-6-3-13/h2-3,5-6,9,12,14H,1,4,7-8,10-11H2,(H,20,25)/t14-/m1/s1. The molecule has 1 aliphatic heterocycles. The molecule has 3 rings (SSSR count). The first-order valence-electron chi connectivity index (χ1n) is 8.24. The average molecular weight is 362 g/mol. The van der Waals surface area contributed by atoms with Crippen molar-refractivity contribution in [1.29, 1.82) is 0 Å². The van der Waals surface area contributed by atoms with Gasteiger partial charge in [0, 0.05) is 51.2 Å². The number of carbonyl (C=O) groups is 2. The summed E-state index contributed by atoms with van der Waals surface area (Å²) in [4.78, 5) is 30.1. The smallest absolute Gasteiger partial charge is 0.225 e. The number of nitrogens with zero attached hydrogens (tertiary/aromatic N) is 4. The summed E-state index contributed by atoms with van der Waals surface area (Å²) < 4.78 is 1.74. The van der Waals surface area contributed by atoms with E-state index in [1.807, 2.05) is 12.1 Å². The first-order chi connectivity index (χ1) is 12.1. The highest BCUT2D eigenvalue weighted by molar-refractivity contribution is 6.30. The van der Waals surface area contributed by atoms with Gasteiger partial charge in [-0.2, -0.15) is 5.10 Å². The van der Waals surface area contributed by atoms with Gasteiger partial charge in [0.25, 0.3) is 0 Å². The van der Waals surface area contributed by atoms with Crippen LogP contribution in [0.25, 0.3) is 0 Å². The molecule has 1 aliphatic rings. The number of hydrogen-bond acceptors (Lipinski definition) is 4. The van der Waals surface area contributed by atoms with E-state index in [2.05, 4.69) is 15.4 Å². The molecule has 2 aromatic heterocycles. The molecule has 3 heterocycles. The zero-order valence-corrected chi connectivity index (χ0v) is 14.5. The van der Waals surface area contributed by atoms with E-state index in [0.717, 1.165) is 12.0 Å². The molecule has 2 aromatic rings. The van der Waals surface area contributed by atoms with Crippen molar-refractivity contribution in [2.45, 2.75) is 25.9 Å². The maximum Gasteiger partial charge on any atom is 0.225 e. The number of amides is 2. The van der Waals surface area contributed by atoms with E-state index in [1.54, 1.807) is 34.4 Å². The molecule has 0 bridgehead atoms. The molecule has 0 spiro atoms. The SMILES string of the molecule is O=C(NCCCn1cc(Cl)cn1)[C@@H]1CC(=O)N(Cc2ccncc2)C1. The Labute approximate surface area is 151 Å². The van der Waals surface area contributed by atoms with Gasteiger partial charge in [-0.25, -0.2) is 0 Å². The van der Waals surface area contributed by atoms with Crippen LogP contribution in [0.2, 0.25) is 5.02 Å². The Morgan fingerprint density at radius 2 is 2.16 bits per heavy atom. The van der Waals surface area contributed by atoms with Gasteiger partial charge < -0.3 is 10.2 Å². The molecule has 1 N–H and O–H groups in total. The molecule has 7 nitrogen and oxygen atoms in total. The highest BCUT2D eigenvalue weighted by atomic mass is 35.5. The van der Waals surface area contributed by atoms with Crippen molar-refractivity contribution in [3.8, 4) is 0 Å². The molecule has 132 valence electrons. The van der Waals surface area contributed by atoms with E-state index in [-0.39, 0.29) is 24.2 Å². The fourth-order valence-corrected chi connectivity index (χ4v) is 3.02. The molecule has 2 amide bonds. The molecule has 25 heavy (non-hydrogen) atoms. The number of aryl methyl sites for hydroxylation is 1. The molecule has 0 saturated carbocycles. The van der Waals surface area contributed by atoms with Crippen molar-refractivity contribution in [1.82, 2.24) is 25.0 Å². The maximum atomic E-state index is 12.3. The Hall–Kier alpha value is -2.41. The molecule has 1 atom stereocenters. The topological polar surface area (TPSA) is 80.1 Å². The second-order valence-electron chi connectivity index (χ2n) is 6.10. The number of aromatic nitrogens is 3. The van der Waals surface area contributed by atoms with E-state index in [4.69, 9.17) is 11.6 Å². The van der Waals surface area contributed by atoms with Crippen LogP contribution in [0.4, 0.5) is 0 Å². The van der Waals surface area contributed by atoms with Crippen LogP contribution >= 0.6 is 11.6 Å². The highest BCUT2D eigenvalue weighted by Crippen LogP contribution is 2.20. The lowest BCUT2D eigenvalue weighted by Gasteiger charge is -2.16. The van der Waals surface area contributed by atoms with Crippen molar-refractivity contribution in [2.75, 3.05) is 13.1 Å². The van der Waals surface area contributed by atoms with E-state index >= 15 is 0 Å². The Bertz CT molecular complexity index is 734. The largest absolute Gasteiger partial charge is 0.356 e. The van der Waals surface area contributed by atoms with Gasteiger partial charge in [0.05, 0.1) is 17.1 Å². The maximum absolute atomic E-state index is 12.3. The number of pyridine rings is 1. The zero-order chi connectivity index (χ0) is 17.6. The van der Waals surface area contributed by atoms with Gasteiger partial charge in [-0.1, -0.05) is 11.6 Å². The Morgan fingerprint density at radius 3 is 2.88 bits per heavy atom. The Morgan fingerprint density at radius 1 is 1.36 bits per heavy atom. The highest BCUT2D eigenvalue weighted by Gasteiger charge is 2.33. The van der Waals surface area contributed by atoms with Gasteiger partial charge in [-0.3, -0.25) is 19.3 Å². The van der Waals surface area contributed by atoms with Crippen molar-refractivity contribution in [2.24, 2.45) is 5.92 Å². The van der Waals surface area contributed by atoms with Crippen LogP contribution in [-0.2, 0) is 22.7 Å². The van der Waals surface area contributed by atoms with Gasteiger partial charge in [0.2, 0.25) is 11.8 Å². The summed E-state index contributed by atoms with van der Waals surface area (Å²) in [5.41, 5.74) is 1.02. The fraction of sp³-hybridized carbons (Fsp3) is 0.412. The summed E-state index contributed by atoms with van der Waals surface area (Å²) in [6.45, 7) is 2.21. The van der Waals surface area contributed by atoms with Crippen LogP contribution in [0.5, 0.6) is 0 Å². The predicted octanol–water partition coefficient (Wildman–Crippen LogP) is 1.49. The molecule has 0 unspecified atom stereocenters. The summed E-state index contributed by atoms with van der Waals surface area (Å²) in [5, 5.41) is 7.59. The van der Waals surface area contributed by atoms with Gasteiger partial charge in [0.1, 0.15) is 0 Å². The number of carbonyl (C=O) groups excluding carboxylic acids is 2. The van der Waals surface area contributed by atoms with Crippen molar-refractivity contribution >= 4 is 23.4 Å². The number of nitrogens with one attached hydrogen (secondary N) is 1. The van der Waals surface area contributed by atoms with Crippen LogP contribution in [-0.4, -0.2) is 44.6 Å². The monoisotopic (exact) mass is 361 g/mol. The summed E-state index contributed by atoms with van der Waals surface area (Å²) in [5.74, 6) is -0.333. The predicted molar refractivity (Wildman–Crippen MR) is 92.6 cm³/mol. The van der Waals surface area contributed by atoms with E-state index < -0.39 is 0 Å². The molecule has 8 heteroatoms. The molecule has 1 fully saturated rings. The number of hydrogen-bond donors (Lipinski definition) is 1. The molecular weight excluding hydrogens is 342 g/mol. The van der Waals surface area contributed by atoms with Gasteiger partial charge in [-0.05, 0) is 24.1 Å². The molecule has 1 saturated heterocycles. The van der Waals surface area contributed by atoms with Crippen LogP contribution in [0.3, 0.4) is 0 Å². The summed E-state index contributed by atoms with van der Waals surface area (Å²) in [6, 6.07) is 3.75. The van der Waals surface area contributed by atoms with Crippen molar-refractivity contribution < 1.29 is 9.59 Å². The first kappa shape index (κ1) is 17.4. The minimum atomic E-state index is -0.284. The zero-order valence-electron chi connectivity index (χ0n) is 13.8. The van der Waals surface area contributed by atoms with E-state index in [0.29, 0.717) is 31.2 Å². The Balaban J connectivity index is 1.41. The van der Waals surface area contributed by atoms with Crippen LogP contribution in [0.1, 0.15) is 18.4 Å². The third-order valence-corrected chi connectivity index (χ3v) is 4.37. The number of rotatable bonds is 7. The molecule has 0 radical (unpaired) electrons. The molecule has 0 aromatic carbocycles. The third-order valence-electron chi connectivity index (χ3n) is 4.17. The number of likely N-dealkylation sites (tertiary alicyclic amines) is 1. The van der Waals surface area contributed by atoms with Crippen LogP contribution < -0.4 is 5.32 Å². The van der Waals surface area contributed by atoms with Crippen molar-refractivity contribution in [3.05, 3.63) is 47.5 Å². The van der Waals surface area contributed by atoms with Crippen molar-refractivity contribution in [3.63, 3.8) is 0 Å². The fourth-order valence-electron chi connectivity index (χ4n) is 2.87. The average Bonchev–Trinajstić information content (AvgIpc) is 3.18. The Kier molecular flexibility index (Phi) is 5.65. The third kappa shape index (κ3) is 4.79. The van der Waals surface area contributed by atoms with Gasteiger partial charge in [-0.15, -0.1) is 0 Å². The van der Waals surface area contributed by atoms with Crippen LogP contribution in [0.15, 0.2) is 36.9 Å². The summed E-state index contributed by atoms with van der Waals surface area (Å²) in [6.07, 6.45) is 7.76. The summed E-state index contributed by atoms with van der Waals surface area (Å²) in [7, 11) is 0. The van der Waals surface area contributed by atoms with E-state index in [1.165, 1.54) is 0 Å². The lowest BCUT2D eigenvalue weighted by atomic mass is 10.1. The quantitative estimate of drug-likeness (QED) is 0.758. The normalized spacial score (nSPS) is 17.1. The number of halogens is 1.